The van der Waals surface area contributed by atoms with E-state index in [0.29, 0.717) is 36.0 Å². The van der Waals surface area contributed by atoms with Crippen molar-refractivity contribution >= 4 is 11.6 Å². The Hall–Kier alpha value is -4.27. The highest BCUT2D eigenvalue weighted by Gasteiger charge is 2.13. The number of rotatable bonds is 8. The number of nitrogens with zero attached hydrogens (tertiary/aromatic N) is 5. The van der Waals surface area contributed by atoms with Crippen molar-refractivity contribution in [3.63, 3.8) is 0 Å². The molecule has 0 saturated heterocycles. The summed E-state index contributed by atoms with van der Waals surface area (Å²) in [7, 11) is 0. The van der Waals surface area contributed by atoms with Crippen LogP contribution in [-0.4, -0.2) is 37.7 Å². The number of anilines is 1. The summed E-state index contributed by atoms with van der Waals surface area (Å²) in [5.74, 6) is 0.822. The van der Waals surface area contributed by atoms with E-state index in [1.807, 2.05) is 38.1 Å². The van der Waals surface area contributed by atoms with E-state index >= 15 is 0 Å². The van der Waals surface area contributed by atoms with Gasteiger partial charge in [-0.15, -0.1) is 5.10 Å². The van der Waals surface area contributed by atoms with Gasteiger partial charge in [-0.3, -0.25) is 9.78 Å². The molecule has 2 aromatic heterocycles. The first-order chi connectivity index (χ1) is 15.6. The van der Waals surface area contributed by atoms with Crippen LogP contribution in [0.25, 0.3) is 5.69 Å². The SMILES string of the molecule is CCOc1cc(C(=O)Nc2ccc(-n3cnnn3)c(C)c2)ccc1OCc1cccnc1. The number of amides is 1. The van der Waals surface area contributed by atoms with Crippen LogP contribution in [0.5, 0.6) is 11.5 Å². The van der Waals surface area contributed by atoms with Gasteiger partial charge in [-0.05, 0) is 72.3 Å². The molecule has 1 amide bonds. The molecule has 0 radical (unpaired) electrons. The fourth-order valence-electron chi connectivity index (χ4n) is 3.15. The average molecular weight is 430 g/mol. The number of tetrazole rings is 1. The van der Waals surface area contributed by atoms with Crippen LogP contribution in [0.3, 0.4) is 0 Å². The van der Waals surface area contributed by atoms with Gasteiger partial charge in [-0.25, -0.2) is 4.68 Å². The molecular formula is C23H22N6O3. The number of hydrogen-bond donors (Lipinski definition) is 1. The summed E-state index contributed by atoms with van der Waals surface area (Å²) in [6, 6.07) is 14.4. The zero-order valence-electron chi connectivity index (χ0n) is 17.7. The van der Waals surface area contributed by atoms with Gasteiger partial charge >= 0.3 is 0 Å². The van der Waals surface area contributed by atoms with E-state index in [4.69, 9.17) is 9.47 Å². The van der Waals surface area contributed by atoms with Crippen LogP contribution in [0, 0.1) is 6.92 Å². The van der Waals surface area contributed by atoms with Crippen LogP contribution in [0.2, 0.25) is 0 Å². The Kier molecular flexibility index (Phi) is 6.35. The minimum atomic E-state index is -0.251. The molecule has 0 unspecified atom stereocenters. The van der Waals surface area contributed by atoms with Gasteiger partial charge in [0.2, 0.25) is 0 Å². The summed E-state index contributed by atoms with van der Waals surface area (Å²) in [5, 5.41) is 14.1. The molecule has 4 aromatic rings. The molecular weight excluding hydrogens is 408 g/mol. The van der Waals surface area contributed by atoms with Crippen molar-refractivity contribution in [3.05, 3.63) is 83.9 Å². The number of carbonyl (C=O) groups is 1. The molecule has 0 aliphatic carbocycles. The van der Waals surface area contributed by atoms with E-state index in [9.17, 15) is 4.79 Å². The Morgan fingerprint density at radius 3 is 2.72 bits per heavy atom. The van der Waals surface area contributed by atoms with Gasteiger partial charge in [-0.2, -0.15) is 0 Å². The highest BCUT2D eigenvalue weighted by Crippen LogP contribution is 2.30. The van der Waals surface area contributed by atoms with Crippen LogP contribution >= 0.6 is 0 Å². The summed E-state index contributed by atoms with van der Waals surface area (Å²) in [6.45, 7) is 4.61. The number of hydrogen-bond acceptors (Lipinski definition) is 7. The third-order valence-electron chi connectivity index (χ3n) is 4.67. The predicted octanol–water partition coefficient (Wildman–Crippen LogP) is 3.60. The molecule has 2 heterocycles. The average Bonchev–Trinajstić information content (AvgIpc) is 3.34. The minimum Gasteiger partial charge on any atom is -0.490 e. The third-order valence-corrected chi connectivity index (χ3v) is 4.67. The van der Waals surface area contributed by atoms with Crippen LogP contribution in [0.15, 0.2) is 67.3 Å². The van der Waals surface area contributed by atoms with Crippen molar-refractivity contribution in [2.24, 2.45) is 0 Å². The zero-order chi connectivity index (χ0) is 22.3. The first-order valence-electron chi connectivity index (χ1n) is 10.1. The van der Waals surface area contributed by atoms with Crippen molar-refractivity contribution in [1.29, 1.82) is 0 Å². The van der Waals surface area contributed by atoms with Crippen LogP contribution in [0.4, 0.5) is 5.69 Å². The Morgan fingerprint density at radius 2 is 2.00 bits per heavy atom. The molecule has 0 saturated carbocycles. The highest BCUT2D eigenvalue weighted by molar-refractivity contribution is 6.04. The lowest BCUT2D eigenvalue weighted by molar-refractivity contribution is 0.102. The Balaban J connectivity index is 1.48. The molecule has 0 aliphatic heterocycles. The molecule has 0 spiro atoms. The van der Waals surface area contributed by atoms with Crippen molar-refractivity contribution in [1.82, 2.24) is 25.2 Å². The quantitative estimate of drug-likeness (QED) is 0.455. The largest absolute Gasteiger partial charge is 0.490 e. The van der Waals surface area contributed by atoms with Gasteiger partial charge in [0.15, 0.2) is 11.5 Å². The molecule has 2 aromatic carbocycles. The maximum absolute atomic E-state index is 12.8. The molecule has 9 heteroatoms. The van der Waals surface area contributed by atoms with Crippen molar-refractivity contribution in [3.8, 4) is 17.2 Å². The van der Waals surface area contributed by atoms with E-state index in [2.05, 4.69) is 25.8 Å². The van der Waals surface area contributed by atoms with E-state index in [-0.39, 0.29) is 5.91 Å². The van der Waals surface area contributed by atoms with Crippen molar-refractivity contribution < 1.29 is 14.3 Å². The molecule has 4 rings (SSSR count). The van der Waals surface area contributed by atoms with Crippen molar-refractivity contribution in [2.75, 3.05) is 11.9 Å². The van der Waals surface area contributed by atoms with Gasteiger partial charge in [0.1, 0.15) is 12.9 Å². The van der Waals surface area contributed by atoms with Gasteiger partial charge in [0, 0.05) is 29.2 Å². The summed E-state index contributed by atoms with van der Waals surface area (Å²) in [5.41, 5.74) is 3.83. The number of ether oxygens (including phenoxy) is 2. The molecule has 0 atom stereocenters. The fourth-order valence-corrected chi connectivity index (χ4v) is 3.15. The van der Waals surface area contributed by atoms with Crippen LogP contribution < -0.4 is 14.8 Å². The predicted molar refractivity (Wildman–Crippen MR) is 118 cm³/mol. The van der Waals surface area contributed by atoms with E-state index < -0.39 is 0 Å². The first kappa shape index (κ1) is 21.0. The molecule has 9 nitrogen and oxygen atoms in total. The maximum atomic E-state index is 12.8. The standard InChI is InChI=1S/C23H22N6O3/c1-3-31-22-12-18(6-9-21(22)32-14-17-5-4-10-24-13-17)23(30)26-19-7-8-20(16(2)11-19)29-15-25-27-28-29/h4-13,15H,3,14H2,1-2H3,(H,26,30). The van der Waals surface area contributed by atoms with Gasteiger partial charge in [0.05, 0.1) is 12.3 Å². The topological polar surface area (TPSA) is 104 Å². The van der Waals surface area contributed by atoms with Crippen molar-refractivity contribution in [2.45, 2.75) is 20.5 Å². The Morgan fingerprint density at radius 1 is 1.09 bits per heavy atom. The second kappa shape index (κ2) is 9.69. The smallest absolute Gasteiger partial charge is 0.255 e. The summed E-state index contributed by atoms with van der Waals surface area (Å²) in [6.07, 6.45) is 4.98. The fraction of sp³-hybridized carbons (Fsp3) is 0.174. The van der Waals surface area contributed by atoms with Gasteiger partial charge < -0.3 is 14.8 Å². The van der Waals surface area contributed by atoms with Gasteiger partial charge in [0.25, 0.3) is 5.91 Å². The lowest BCUT2D eigenvalue weighted by atomic mass is 10.1. The number of benzene rings is 2. The lowest BCUT2D eigenvalue weighted by Crippen LogP contribution is -2.13. The molecule has 0 fully saturated rings. The third kappa shape index (κ3) is 4.89. The van der Waals surface area contributed by atoms with E-state index in [1.165, 1.54) is 6.33 Å². The molecule has 1 N–H and O–H groups in total. The summed E-state index contributed by atoms with van der Waals surface area (Å²) >= 11 is 0. The van der Waals surface area contributed by atoms with Gasteiger partial charge in [-0.1, -0.05) is 6.07 Å². The molecule has 0 aliphatic rings. The monoisotopic (exact) mass is 430 g/mol. The normalized spacial score (nSPS) is 10.6. The van der Waals surface area contributed by atoms with Crippen LogP contribution in [0.1, 0.15) is 28.4 Å². The molecule has 32 heavy (non-hydrogen) atoms. The maximum Gasteiger partial charge on any atom is 0.255 e. The van der Waals surface area contributed by atoms with Crippen LogP contribution in [-0.2, 0) is 6.61 Å². The minimum absolute atomic E-state index is 0.251. The molecule has 0 bridgehead atoms. The highest BCUT2D eigenvalue weighted by atomic mass is 16.5. The second-order valence-corrected chi connectivity index (χ2v) is 6.95. The van der Waals surface area contributed by atoms with E-state index in [0.717, 1.165) is 16.8 Å². The first-order valence-corrected chi connectivity index (χ1v) is 10.1. The number of aromatic nitrogens is 5. The number of carbonyl (C=O) groups excluding carboxylic acids is 1. The second-order valence-electron chi connectivity index (χ2n) is 6.95. The number of pyridine rings is 1. The number of nitrogens with one attached hydrogen (secondary N) is 1. The lowest BCUT2D eigenvalue weighted by Gasteiger charge is -2.14. The number of aryl methyl sites for hydroxylation is 1. The Bertz CT molecular complexity index is 1200. The Labute approximate surface area is 185 Å². The summed E-state index contributed by atoms with van der Waals surface area (Å²) < 4.78 is 13.1. The zero-order valence-corrected chi connectivity index (χ0v) is 17.7. The molecule has 162 valence electrons. The summed E-state index contributed by atoms with van der Waals surface area (Å²) in [4.78, 5) is 16.9. The van der Waals surface area contributed by atoms with E-state index in [1.54, 1.807) is 41.3 Å².